The first kappa shape index (κ1) is 17.5. The molecule has 0 spiro atoms. The summed E-state index contributed by atoms with van der Waals surface area (Å²) in [5.74, 6) is -0.962. The van der Waals surface area contributed by atoms with E-state index in [9.17, 15) is 22.8 Å². The number of carbonyl (C=O) groups excluding carboxylic acids is 1. The molecule has 0 bridgehead atoms. The van der Waals surface area contributed by atoms with Crippen LogP contribution in [0.15, 0.2) is 0 Å². The van der Waals surface area contributed by atoms with Crippen molar-refractivity contribution in [2.75, 3.05) is 39.3 Å². The van der Waals surface area contributed by atoms with E-state index in [1.165, 1.54) is 18.7 Å². The van der Waals surface area contributed by atoms with Gasteiger partial charge in [0, 0.05) is 32.2 Å². The third kappa shape index (κ3) is 5.78. The number of hydrogen-bond donors (Lipinski definition) is 1. The minimum absolute atomic E-state index is 0.127. The van der Waals surface area contributed by atoms with Crippen LogP contribution in [0.5, 0.6) is 0 Å². The van der Waals surface area contributed by atoms with Crippen molar-refractivity contribution in [2.45, 2.75) is 26.1 Å². The van der Waals surface area contributed by atoms with Crippen molar-refractivity contribution in [3.05, 3.63) is 0 Å². The van der Waals surface area contributed by atoms with E-state index in [0.29, 0.717) is 13.1 Å². The number of urea groups is 1. The van der Waals surface area contributed by atoms with E-state index >= 15 is 0 Å². The van der Waals surface area contributed by atoms with Gasteiger partial charge in [-0.1, -0.05) is 0 Å². The van der Waals surface area contributed by atoms with E-state index in [-0.39, 0.29) is 19.6 Å². The monoisotopic (exact) mass is 311 g/mol. The Morgan fingerprint density at radius 3 is 2.10 bits per heavy atom. The summed E-state index contributed by atoms with van der Waals surface area (Å²) >= 11 is 0. The molecule has 0 aromatic heterocycles. The van der Waals surface area contributed by atoms with Gasteiger partial charge in [-0.15, -0.1) is 0 Å². The molecule has 2 amide bonds. The van der Waals surface area contributed by atoms with E-state index in [1.54, 1.807) is 4.90 Å². The van der Waals surface area contributed by atoms with Gasteiger partial charge in [-0.2, -0.15) is 13.2 Å². The number of amides is 2. The number of carbonyl (C=O) groups is 2. The molecule has 0 aliphatic carbocycles. The van der Waals surface area contributed by atoms with Crippen LogP contribution in [0.1, 0.15) is 13.8 Å². The second-order valence-corrected chi connectivity index (χ2v) is 5.28. The highest BCUT2D eigenvalue weighted by Gasteiger charge is 2.36. The Balaban J connectivity index is 2.60. The summed E-state index contributed by atoms with van der Waals surface area (Å²) in [6, 6.07) is -1.21. The molecule has 122 valence electrons. The molecule has 0 aromatic rings. The number of carboxylic acids is 1. The fraction of sp³-hybridized carbons (Fsp3) is 0.833. The van der Waals surface area contributed by atoms with Crippen LogP contribution in [0.25, 0.3) is 0 Å². The molecular formula is C12H20F3N3O3. The van der Waals surface area contributed by atoms with Crippen LogP contribution in [0, 0.1) is 0 Å². The van der Waals surface area contributed by atoms with Crippen molar-refractivity contribution < 1.29 is 27.9 Å². The minimum atomic E-state index is -4.44. The van der Waals surface area contributed by atoms with Crippen molar-refractivity contribution in [1.29, 1.82) is 0 Å². The van der Waals surface area contributed by atoms with Crippen LogP contribution in [0.2, 0.25) is 0 Å². The normalized spacial score (nSPS) is 17.1. The van der Waals surface area contributed by atoms with E-state index in [1.807, 2.05) is 0 Å². The van der Waals surface area contributed by atoms with Crippen LogP contribution in [0.4, 0.5) is 18.0 Å². The predicted molar refractivity (Wildman–Crippen MR) is 68.9 cm³/mol. The maximum absolute atomic E-state index is 12.5. The van der Waals surface area contributed by atoms with Crippen molar-refractivity contribution in [3.8, 4) is 0 Å². The van der Waals surface area contributed by atoms with Crippen LogP contribution in [-0.2, 0) is 4.79 Å². The molecule has 1 rings (SSSR count). The lowest BCUT2D eigenvalue weighted by molar-refractivity contribution is -0.144. The molecule has 0 saturated carbocycles. The lowest BCUT2D eigenvalue weighted by atomic mass is 10.3. The van der Waals surface area contributed by atoms with Crippen molar-refractivity contribution in [2.24, 2.45) is 0 Å². The summed E-state index contributed by atoms with van der Waals surface area (Å²) in [5, 5.41) is 8.67. The van der Waals surface area contributed by atoms with Gasteiger partial charge in [0.1, 0.15) is 6.54 Å². The van der Waals surface area contributed by atoms with Gasteiger partial charge in [-0.25, -0.2) is 4.79 Å². The van der Waals surface area contributed by atoms with Gasteiger partial charge in [-0.05, 0) is 13.8 Å². The van der Waals surface area contributed by atoms with Crippen molar-refractivity contribution >= 4 is 12.0 Å². The number of aliphatic carboxylic acids is 1. The SMILES string of the molecule is CC(C)N(CC(F)(F)F)C(=O)N1CCN(CC(=O)O)CC1. The van der Waals surface area contributed by atoms with Gasteiger partial charge < -0.3 is 14.9 Å². The fourth-order valence-corrected chi connectivity index (χ4v) is 2.13. The van der Waals surface area contributed by atoms with Crippen molar-refractivity contribution in [3.63, 3.8) is 0 Å². The number of carboxylic acid groups (broad SMARTS) is 1. The molecule has 9 heteroatoms. The Bertz CT molecular complexity index is 380. The van der Waals surface area contributed by atoms with E-state index < -0.39 is 30.8 Å². The first-order chi connectivity index (χ1) is 9.60. The lowest BCUT2D eigenvalue weighted by Crippen LogP contribution is -2.56. The summed E-state index contributed by atoms with van der Waals surface area (Å²) in [6.45, 7) is 2.80. The second kappa shape index (κ2) is 6.97. The molecule has 6 nitrogen and oxygen atoms in total. The molecule has 0 aromatic carbocycles. The van der Waals surface area contributed by atoms with Crippen LogP contribution < -0.4 is 0 Å². The summed E-state index contributed by atoms with van der Waals surface area (Å²) in [5.41, 5.74) is 0. The summed E-state index contributed by atoms with van der Waals surface area (Å²) in [7, 11) is 0. The van der Waals surface area contributed by atoms with Gasteiger partial charge in [0.05, 0.1) is 6.54 Å². The number of hydrogen-bond acceptors (Lipinski definition) is 3. The van der Waals surface area contributed by atoms with Gasteiger partial charge >= 0.3 is 18.2 Å². The molecule has 1 fully saturated rings. The smallest absolute Gasteiger partial charge is 0.406 e. The molecule has 0 radical (unpaired) electrons. The molecular weight excluding hydrogens is 291 g/mol. The number of piperazine rings is 1. The van der Waals surface area contributed by atoms with Gasteiger partial charge in [0.25, 0.3) is 0 Å². The van der Waals surface area contributed by atoms with E-state index in [4.69, 9.17) is 5.11 Å². The number of rotatable bonds is 4. The second-order valence-electron chi connectivity index (χ2n) is 5.28. The molecule has 0 atom stereocenters. The van der Waals surface area contributed by atoms with Crippen LogP contribution in [-0.4, -0.2) is 83.3 Å². The first-order valence-corrected chi connectivity index (χ1v) is 6.66. The average Bonchev–Trinajstić information content (AvgIpc) is 2.34. The minimum Gasteiger partial charge on any atom is -0.480 e. The molecule has 1 saturated heterocycles. The fourth-order valence-electron chi connectivity index (χ4n) is 2.13. The van der Waals surface area contributed by atoms with E-state index in [2.05, 4.69) is 0 Å². The Morgan fingerprint density at radius 2 is 1.71 bits per heavy atom. The molecule has 1 aliphatic heterocycles. The third-order valence-electron chi connectivity index (χ3n) is 3.22. The van der Waals surface area contributed by atoms with Gasteiger partial charge in [-0.3, -0.25) is 9.69 Å². The molecule has 1 aliphatic rings. The largest absolute Gasteiger partial charge is 0.480 e. The summed E-state index contributed by atoms with van der Waals surface area (Å²) in [6.07, 6.45) is -4.44. The topological polar surface area (TPSA) is 64.1 Å². The van der Waals surface area contributed by atoms with E-state index in [0.717, 1.165) is 4.90 Å². The number of nitrogens with zero attached hydrogens (tertiary/aromatic N) is 3. The summed E-state index contributed by atoms with van der Waals surface area (Å²) in [4.78, 5) is 26.5. The van der Waals surface area contributed by atoms with Gasteiger partial charge in [0.15, 0.2) is 0 Å². The predicted octanol–water partition coefficient (Wildman–Crippen LogP) is 1.08. The highest BCUT2D eigenvalue weighted by molar-refractivity contribution is 5.75. The average molecular weight is 311 g/mol. The van der Waals surface area contributed by atoms with Crippen molar-refractivity contribution in [1.82, 2.24) is 14.7 Å². The maximum Gasteiger partial charge on any atom is 0.406 e. The Hall–Kier alpha value is -1.51. The lowest BCUT2D eigenvalue weighted by Gasteiger charge is -2.38. The first-order valence-electron chi connectivity index (χ1n) is 6.66. The highest BCUT2D eigenvalue weighted by Crippen LogP contribution is 2.19. The zero-order valence-corrected chi connectivity index (χ0v) is 12.1. The van der Waals surface area contributed by atoms with Gasteiger partial charge in [0.2, 0.25) is 0 Å². The summed E-state index contributed by atoms with van der Waals surface area (Å²) < 4.78 is 37.5. The highest BCUT2D eigenvalue weighted by atomic mass is 19.4. The van der Waals surface area contributed by atoms with Crippen LogP contribution >= 0.6 is 0 Å². The van der Waals surface area contributed by atoms with Crippen LogP contribution in [0.3, 0.4) is 0 Å². The molecule has 21 heavy (non-hydrogen) atoms. The molecule has 1 N–H and O–H groups in total. The molecule has 1 heterocycles. The number of halogens is 3. The Labute approximate surface area is 121 Å². The number of alkyl halides is 3. The quantitative estimate of drug-likeness (QED) is 0.844. The standard InChI is InChI=1S/C12H20F3N3O3/c1-9(2)18(8-12(13,14)15)11(21)17-5-3-16(4-6-17)7-10(19)20/h9H,3-8H2,1-2H3,(H,19,20). The Morgan fingerprint density at radius 1 is 1.19 bits per heavy atom. The Kier molecular flexibility index (Phi) is 5.82. The molecule has 0 unspecified atom stereocenters. The zero-order valence-electron chi connectivity index (χ0n) is 12.1. The maximum atomic E-state index is 12.5. The zero-order chi connectivity index (χ0) is 16.2. The third-order valence-corrected chi connectivity index (χ3v) is 3.22.